The van der Waals surface area contributed by atoms with E-state index in [2.05, 4.69) is 30.3 Å². The first-order chi connectivity index (χ1) is 9.90. The van der Waals surface area contributed by atoms with E-state index >= 15 is 0 Å². The van der Waals surface area contributed by atoms with Crippen molar-refractivity contribution in [1.82, 2.24) is 9.55 Å². The number of hydrogen-bond donors (Lipinski definition) is 0. The van der Waals surface area contributed by atoms with Crippen molar-refractivity contribution in [2.75, 3.05) is 6.61 Å². The largest absolute Gasteiger partial charge is 0.461 e. The molecule has 3 aliphatic rings. The summed E-state index contributed by atoms with van der Waals surface area (Å²) in [6.45, 7) is 9.39. The van der Waals surface area contributed by atoms with E-state index in [0.717, 1.165) is 29.3 Å². The van der Waals surface area contributed by atoms with E-state index < -0.39 is 0 Å². The van der Waals surface area contributed by atoms with E-state index in [-0.39, 0.29) is 11.4 Å². The van der Waals surface area contributed by atoms with E-state index in [1.54, 1.807) is 13.0 Å². The fourth-order valence-electron chi connectivity index (χ4n) is 2.42. The zero-order valence-electron chi connectivity index (χ0n) is 12.8. The van der Waals surface area contributed by atoms with Crippen LogP contribution in [0.1, 0.15) is 38.2 Å². The highest BCUT2D eigenvalue weighted by atomic mass is 16.5. The second-order valence-corrected chi connectivity index (χ2v) is 6.24. The lowest BCUT2D eigenvalue weighted by Gasteiger charge is -2.17. The number of hydrogen-bond acceptors (Lipinski definition) is 4. The molecular weight excluding hydrogens is 266 g/mol. The molecule has 0 bridgehead atoms. The molecule has 0 saturated heterocycles. The van der Waals surface area contributed by atoms with Crippen LogP contribution in [-0.2, 0) is 11.3 Å². The van der Waals surface area contributed by atoms with Gasteiger partial charge in [0.25, 0.3) is 0 Å². The van der Waals surface area contributed by atoms with Crippen LogP contribution in [0, 0.1) is 5.41 Å². The number of nitrogens with zero attached hydrogens (tertiary/aromatic N) is 3. The number of carbonyl (C=O) groups is 1. The highest BCUT2D eigenvalue weighted by Crippen LogP contribution is 2.38. The number of carbonyl (C=O) groups excluding carboxylic acids is 1. The van der Waals surface area contributed by atoms with Crippen LogP contribution in [0.2, 0.25) is 0 Å². The van der Waals surface area contributed by atoms with Crippen molar-refractivity contribution in [3.05, 3.63) is 24.0 Å². The normalized spacial score (nSPS) is 14.2. The highest BCUT2D eigenvalue weighted by Gasteiger charge is 2.28. The molecule has 0 aromatic carbocycles. The Labute approximate surface area is 124 Å². The van der Waals surface area contributed by atoms with Crippen LogP contribution in [0.4, 0.5) is 5.82 Å². The summed E-state index contributed by atoms with van der Waals surface area (Å²) in [6, 6.07) is 3.69. The van der Waals surface area contributed by atoms with Gasteiger partial charge in [0.1, 0.15) is 11.5 Å². The predicted octanol–water partition coefficient (Wildman–Crippen LogP) is 3.30. The van der Waals surface area contributed by atoms with Crippen LogP contribution in [0.25, 0.3) is 11.3 Å². The zero-order chi connectivity index (χ0) is 15.2. The van der Waals surface area contributed by atoms with Crippen molar-refractivity contribution in [1.29, 1.82) is 0 Å². The Bertz CT molecular complexity index is 707. The average Bonchev–Trinajstić information content (AvgIpc) is 3.01. The van der Waals surface area contributed by atoms with Gasteiger partial charge in [-0.05, 0) is 19.1 Å². The Morgan fingerprint density at radius 2 is 2.19 bits per heavy atom. The summed E-state index contributed by atoms with van der Waals surface area (Å²) in [5.74, 6) is 0.492. The van der Waals surface area contributed by atoms with Gasteiger partial charge in [-0.15, -0.1) is 0 Å². The lowest BCUT2D eigenvalue weighted by molar-refractivity contribution is 0.0520. The second kappa shape index (κ2) is 4.69. The monoisotopic (exact) mass is 285 g/mol. The van der Waals surface area contributed by atoms with Crippen LogP contribution in [0.5, 0.6) is 0 Å². The SMILES string of the molecule is CCOC(=O)c1cc2c3n(ccc-2n1)CC(C(C)(C)C)=N3. The van der Waals surface area contributed by atoms with Crippen LogP contribution >= 0.6 is 0 Å². The number of aliphatic imine (C=N–C) groups is 1. The molecule has 3 aliphatic heterocycles. The van der Waals surface area contributed by atoms with Gasteiger partial charge < -0.3 is 9.30 Å². The number of pyridine rings is 1. The molecule has 0 amide bonds. The molecule has 0 radical (unpaired) electrons. The van der Waals surface area contributed by atoms with Gasteiger partial charge in [0, 0.05) is 22.9 Å². The fraction of sp³-hybridized carbons (Fsp3) is 0.438. The molecule has 0 aromatic rings. The maximum absolute atomic E-state index is 11.8. The van der Waals surface area contributed by atoms with Gasteiger partial charge in [-0.25, -0.2) is 14.8 Å². The van der Waals surface area contributed by atoms with Gasteiger partial charge in [0.05, 0.1) is 18.8 Å². The van der Waals surface area contributed by atoms with Crippen LogP contribution in [0.3, 0.4) is 0 Å². The third-order valence-electron chi connectivity index (χ3n) is 3.63. The minimum Gasteiger partial charge on any atom is -0.461 e. The molecule has 0 N–H and O–H groups in total. The molecule has 3 heterocycles. The molecular formula is C16H19N3O2. The maximum Gasteiger partial charge on any atom is 0.356 e. The van der Waals surface area contributed by atoms with Gasteiger partial charge in [0.2, 0.25) is 0 Å². The smallest absolute Gasteiger partial charge is 0.356 e. The van der Waals surface area contributed by atoms with Gasteiger partial charge in [0.15, 0.2) is 0 Å². The van der Waals surface area contributed by atoms with Gasteiger partial charge in [-0.3, -0.25) is 0 Å². The summed E-state index contributed by atoms with van der Waals surface area (Å²) in [7, 11) is 0. The van der Waals surface area contributed by atoms with Crippen molar-refractivity contribution in [3.63, 3.8) is 0 Å². The van der Waals surface area contributed by atoms with E-state index in [1.165, 1.54) is 0 Å². The minimum absolute atomic E-state index is 0.0301. The zero-order valence-corrected chi connectivity index (χ0v) is 12.8. The van der Waals surface area contributed by atoms with Crippen molar-refractivity contribution >= 4 is 17.5 Å². The van der Waals surface area contributed by atoms with Gasteiger partial charge in [-0.1, -0.05) is 20.8 Å². The predicted molar refractivity (Wildman–Crippen MR) is 81.4 cm³/mol. The number of ether oxygens (including phenoxy) is 1. The Morgan fingerprint density at radius 1 is 1.43 bits per heavy atom. The first kappa shape index (κ1) is 13.8. The highest BCUT2D eigenvalue weighted by molar-refractivity contribution is 5.97. The molecule has 0 saturated carbocycles. The second-order valence-electron chi connectivity index (χ2n) is 6.24. The van der Waals surface area contributed by atoms with Crippen LogP contribution < -0.4 is 0 Å². The molecule has 110 valence electrons. The molecule has 3 rings (SSSR count). The van der Waals surface area contributed by atoms with E-state index in [1.807, 2.05) is 12.3 Å². The summed E-state index contributed by atoms with van der Waals surface area (Å²) < 4.78 is 7.10. The molecule has 0 aliphatic carbocycles. The van der Waals surface area contributed by atoms with Crippen LogP contribution in [0.15, 0.2) is 23.3 Å². The first-order valence-corrected chi connectivity index (χ1v) is 7.15. The summed E-state index contributed by atoms with van der Waals surface area (Å²) >= 11 is 0. The quantitative estimate of drug-likeness (QED) is 0.795. The lowest BCUT2D eigenvalue weighted by Crippen LogP contribution is -2.21. The molecule has 21 heavy (non-hydrogen) atoms. The fourth-order valence-corrected chi connectivity index (χ4v) is 2.42. The number of fused-ring (bicyclic) bond motifs is 3. The van der Waals surface area contributed by atoms with Gasteiger partial charge >= 0.3 is 5.97 Å². The third kappa shape index (κ3) is 2.33. The first-order valence-electron chi connectivity index (χ1n) is 7.15. The van der Waals surface area contributed by atoms with Crippen molar-refractivity contribution in [3.8, 4) is 11.3 Å². The van der Waals surface area contributed by atoms with E-state index in [9.17, 15) is 4.79 Å². The van der Waals surface area contributed by atoms with Crippen molar-refractivity contribution in [2.24, 2.45) is 10.4 Å². The van der Waals surface area contributed by atoms with Crippen molar-refractivity contribution < 1.29 is 9.53 Å². The Balaban J connectivity index is 2.06. The molecule has 0 unspecified atom stereocenters. The lowest BCUT2D eigenvalue weighted by atomic mass is 9.90. The molecule has 0 spiro atoms. The maximum atomic E-state index is 11.8. The van der Waals surface area contributed by atoms with Crippen molar-refractivity contribution in [2.45, 2.75) is 34.2 Å². The number of rotatable bonds is 2. The Hall–Kier alpha value is -2.17. The molecule has 0 atom stereocenters. The average molecular weight is 285 g/mol. The Kier molecular flexibility index (Phi) is 3.08. The summed E-state index contributed by atoms with van der Waals surface area (Å²) in [5.41, 5.74) is 3.19. The molecule has 0 fully saturated rings. The number of aromatic nitrogens is 2. The van der Waals surface area contributed by atoms with E-state index in [4.69, 9.17) is 9.73 Å². The molecule has 5 heteroatoms. The molecule has 5 nitrogen and oxygen atoms in total. The van der Waals surface area contributed by atoms with Gasteiger partial charge in [-0.2, -0.15) is 0 Å². The minimum atomic E-state index is -0.384. The standard InChI is InChI=1S/C16H19N3O2/c1-5-21-15(20)12-8-10-11(17-12)6-7-19-9-13(16(2,3)4)18-14(10)19/h6-8H,5,9H2,1-4H3. The summed E-state index contributed by atoms with van der Waals surface area (Å²) in [6.07, 6.45) is 1.97. The summed E-state index contributed by atoms with van der Waals surface area (Å²) in [4.78, 5) is 20.9. The van der Waals surface area contributed by atoms with Crippen LogP contribution in [-0.4, -0.2) is 27.8 Å². The third-order valence-corrected chi connectivity index (χ3v) is 3.63. The Morgan fingerprint density at radius 3 is 2.86 bits per heavy atom. The molecule has 0 aromatic heterocycles. The van der Waals surface area contributed by atoms with E-state index in [0.29, 0.717) is 12.3 Å². The summed E-state index contributed by atoms with van der Waals surface area (Å²) in [5, 5.41) is 0. The topological polar surface area (TPSA) is 56.5 Å². The number of esters is 1.